The largest absolute Gasteiger partial charge is 0.213 e. The summed E-state index contributed by atoms with van der Waals surface area (Å²) in [5, 5.41) is 0. The van der Waals surface area contributed by atoms with E-state index in [4.69, 9.17) is 15.0 Å². The highest BCUT2D eigenvalue weighted by Gasteiger charge is 2.15. The van der Waals surface area contributed by atoms with Crippen molar-refractivity contribution in [1.82, 2.24) is 15.0 Å². The average molecular weight is 351 g/mol. The van der Waals surface area contributed by atoms with Crippen molar-refractivity contribution in [3.05, 3.63) is 90.8 Å². The van der Waals surface area contributed by atoms with Gasteiger partial charge in [0.2, 0.25) is 0 Å². The first-order valence-electron chi connectivity index (χ1n) is 9.18. The van der Waals surface area contributed by atoms with Crippen molar-refractivity contribution in [3.8, 4) is 33.9 Å². The van der Waals surface area contributed by atoms with E-state index in [1.54, 1.807) is 0 Å². The minimum absolute atomic E-state index is 0.220. The smallest absolute Gasteiger partial charge is 0.164 e. The molecule has 0 atom stereocenters. The summed E-state index contributed by atoms with van der Waals surface area (Å²) in [6.45, 7) is 4.22. The van der Waals surface area contributed by atoms with Gasteiger partial charge in [0.1, 0.15) is 5.82 Å². The van der Waals surface area contributed by atoms with E-state index >= 15 is 0 Å². The fraction of sp³-hybridized carbons (Fsp3) is 0.125. The topological polar surface area (TPSA) is 38.7 Å². The molecule has 4 rings (SSSR count). The molecule has 0 radical (unpaired) electrons. The van der Waals surface area contributed by atoms with Crippen molar-refractivity contribution >= 4 is 0 Å². The summed E-state index contributed by atoms with van der Waals surface area (Å²) in [7, 11) is 0. The Morgan fingerprint density at radius 3 is 1.67 bits per heavy atom. The molecular formula is C24H21N3. The second-order valence-corrected chi connectivity index (χ2v) is 6.77. The average Bonchev–Trinajstić information content (AvgIpc) is 2.74. The minimum atomic E-state index is 0.220. The summed E-state index contributed by atoms with van der Waals surface area (Å²) in [6.07, 6.45) is 0. The third kappa shape index (κ3) is 3.63. The van der Waals surface area contributed by atoms with Crippen molar-refractivity contribution in [2.75, 3.05) is 0 Å². The normalized spacial score (nSPS) is 10.9. The van der Waals surface area contributed by atoms with E-state index in [1.807, 2.05) is 42.5 Å². The second kappa shape index (κ2) is 7.50. The van der Waals surface area contributed by atoms with Gasteiger partial charge in [-0.05, 0) is 11.1 Å². The first kappa shape index (κ1) is 17.1. The van der Waals surface area contributed by atoms with Crippen LogP contribution >= 0.6 is 0 Å². The monoisotopic (exact) mass is 351 g/mol. The highest BCUT2D eigenvalue weighted by molar-refractivity contribution is 5.80. The van der Waals surface area contributed by atoms with Crippen LogP contribution in [0.15, 0.2) is 84.9 Å². The van der Waals surface area contributed by atoms with E-state index < -0.39 is 0 Å². The Bertz CT molecular complexity index is 1040. The van der Waals surface area contributed by atoms with Crippen molar-refractivity contribution in [2.45, 2.75) is 19.8 Å². The van der Waals surface area contributed by atoms with Gasteiger partial charge in [-0.1, -0.05) is 98.8 Å². The van der Waals surface area contributed by atoms with Gasteiger partial charge in [0, 0.05) is 17.0 Å². The summed E-state index contributed by atoms with van der Waals surface area (Å²) in [5.41, 5.74) is 4.30. The quantitative estimate of drug-likeness (QED) is 0.453. The van der Waals surface area contributed by atoms with Crippen LogP contribution in [0.5, 0.6) is 0 Å². The lowest BCUT2D eigenvalue weighted by Gasteiger charge is -2.12. The SMILES string of the molecule is CC(C)c1nc(-c2ccccc2)nc(-c2ccccc2-c2ccccc2)n1. The second-order valence-electron chi connectivity index (χ2n) is 6.77. The number of hydrogen-bond donors (Lipinski definition) is 0. The van der Waals surface area contributed by atoms with E-state index in [-0.39, 0.29) is 5.92 Å². The molecule has 3 aromatic carbocycles. The maximum atomic E-state index is 4.82. The Labute approximate surface area is 159 Å². The Balaban J connectivity index is 1.91. The van der Waals surface area contributed by atoms with Crippen molar-refractivity contribution in [3.63, 3.8) is 0 Å². The molecule has 132 valence electrons. The van der Waals surface area contributed by atoms with Crippen LogP contribution in [0.1, 0.15) is 25.6 Å². The third-order valence-electron chi connectivity index (χ3n) is 4.45. The molecular weight excluding hydrogens is 330 g/mol. The fourth-order valence-corrected chi connectivity index (χ4v) is 3.03. The standard InChI is InChI=1S/C24H21N3/c1-17(2)22-25-23(19-13-7-4-8-14-19)27-24(26-22)21-16-10-9-15-20(21)18-11-5-3-6-12-18/h3-17H,1-2H3. The molecule has 1 aromatic heterocycles. The molecule has 0 fully saturated rings. The predicted molar refractivity (Wildman–Crippen MR) is 110 cm³/mol. The number of hydrogen-bond acceptors (Lipinski definition) is 3. The van der Waals surface area contributed by atoms with Crippen LogP contribution in [0.4, 0.5) is 0 Å². The lowest BCUT2D eigenvalue weighted by molar-refractivity contribution is 0.766. The minimum Gasteiger partial charge on any atom is -0.213 e. The molecule has 0 amide bonds. The summed E-state index contributed by atoms with van der Waals surface area (Å²) in [4.78, 5) is 14.3. The van der Waals surface area contributed by atoms with Crippen molar-refractivity contribution < 1.29 is 0 Å². The van der Waals surface area contributed by atoms with Crippen LogP contribution in [0.2, 0.25) is 0 Å². The molecule has 1 heterocycles. The van der Waals surface area contributed by atoms with Gasteiger partial charge < -0.3 is 0 Å². The molecule has 0 aliphatic rings. The lowest BCUT2D eigenvalue weighted by atomic mass is 9.99. The van der Waals surface area contributed by atoms with E-state index in [9.17, 15) is 0 Å². The van der Waals surface area contributed by atoms with Gasteiger partial charge in [-0.15, -0.1) is 0 Å². The first-order valence-corrected chi connectivity index (χ1v) is 9.18. The summed E-state index contributed by atoms with van der Waals surface area (Å²) in [6, 6.07) is 28.7. The maximum Gasteiger partial charge on any atom is 0.164 e. The van der Waals surface area contributed by atoms with Crippen molar-refractivity contribution in [1.29, 1.82) is 0 Å². The summed E-state index contributed by atoms with van der Waals surface area (Å²) >= 11 is 0. The van der Waals surface area contributed by atoms with E-state index in [2.05, 4.69) is 56.3 Å². The molecule has 0 unspecified atom stereocenters. The number of aromatic nitrogens is 3. The van der Waals surface area contributed by atoms with Crippen LogP contribution in [0, 0.1) is 0 Å². The zero-order valence-corrected chi connectivity index (χ0v) is 15.5. The molecule has 4 aromatic rings. The van der Waals surface area contributed by atoms with Crippen LogP contribution in [-0.4, -0.2) is 15.0 Å². The van der Waals surface area contributed by atoms with Gasteiger partial charge in [0.15, 0.2) is 11.6 Å². The van der Waals surface area contributed by atoms with Crippen LogP contribution in [-0.2, 0) is 0 Å². The molecule has 0 aliphatic heterocycles. The maximum absolute atomic E-state index is 4.82. The first-order chi connectivity index (χ1) is 13.2. The molecule has 27 heavy (non-hydrogen) atoms. The lowest BCUT2D eigenvalue weighted by Crippen LogP contribution is -2.05. The Morgan fingerprint density at radius 1 is 0.519 bits per heavy atom. The molecule has 0 N–H and O–H groups in total. The van der Waals surface area contributed by atoms with E-state index in [0.717, 1.165) is 28.1 Å². The highest BCUT2D eigenvalue weighted by atomic mass is 15.0. The Hall–Kier alpha value is -3.33. The molecule has 0 spiro atoms. The van der Waals surface area contributed by atoms with Gasteiger partial charge in [0.25, 0.3) is 0 Å². The van der Waals surface area contributed by atoms with Gasteiger partial charge in [-0.25, -0.2) is 15.0 Å². The molecule has 0 saturated heterocycles. The van der Waals surface area contributed by atoms with Gasteiger partial charge in [0.05, 0.1) is 0 Å². The van der Waals surface area contributed by atoms with Gasteiger partial charge in [-0.3, -0.25) is 0 Å². The zero-order valence-electron chi connectivity index (χ0n) is 15.5. The van der Waals surface area contributed by atoms with Gasteiger partial charge >= 0.3 is 0 Å². The van der Waals surface area contributed by atoms with Crippen LogP contribution in [0.3, 0.4) is 0 Å². The molecule has 0 saturated carbocycles. The molecule has 3 heteroatoms. The Kier molecular flexibility index (Phi) is 4.75. The molecule has 3 nitrogen and oxygen atoms in total. The Morgan fingerprint density at radius 2 is 1.04 bits per heavy atom. The summed E-state index contributed by atoms with van der Waals surface area (Å²) in [5.74, 6) is 2.46. The number of benzene rings is 3. The molecule has 0 bridgehead atoms. The fourth-order valence-electron chi connectivity index (χ4n) is 3.03. The zero-order chi connectivity index (χ0) is 18.6. The number of nitrogens with zero attached hydrogens (tertiary/aromatic N) is 3. The van der Waals surface area contributed by atoms with Crippen LogP contribution in [0.25, 0.3) is 33.9 Å². The van der Waals surface area contributed by atoms with Gasteiger partial charge in [-0.2, -0.15) is 0 Å². The summed E-state index contributed by atoms with van der Waals surface area (Å²) < 4.78 is 0. The van der Waals surface area contributed by atoms with E-state index in [1.165, 1.54) is 0 Å². The van der Waals surface area contributed by atoms with E-state index in [0.29, 0.717) is 11.6 Å². The molecule has 0 aliphatic carbocycles. The number of rotatable bonds is 4. The predicted octanol–water partition coefficient (Wildman–Crippen LogP) is 6.00. The van der Waals surface area contributed by atoms with Crippen molar-refractivity contribution in [2.24, 2.45) is 0 Å². The van der Waals surface area contributed by atoms with Crippen LogP contribution < -0.4 is 0 Å². The highest BCUT2D eigenvalue weighted by Crippen LogP contribution is 2.31. The third-order valence-corrected chi connectivity index (χ3v) is 4.45.